The minimum absolute atomic E-state index is 0.257. The van der Waals surface area contributed by atoms with Crippen molar-refractivity contribution in [1.82, 2.24) is 14.7 Å². The van der Waals surface area contributed by atoms with E-state index in [1.165, 1.54) is 16.0 Å². The first kappa shape index (κ1) is 19.7. The maximum Gasteiger partial charge on any atom is 0.236 e. The summed E-state index contributed by atoms with van der Waals surface area (Å²) in [6.45, 7) is 13.0. The molecule has 0 saturated carbocycles. The van der Waals surface area contributed by atoms with Gasteiger partial charge < -0.3 is 9.64 Å². The molecule has 26 heavy (non-hydrogen) atoms. The van der Waals surface area contributed by atoms with Crippen molar-refractivity contribution >= 4 is 17.7 Å². The molecule has 144 valence electrons. The average Bonchev–Trinajstić information content (AvgIpc) is 2.67. The van der Waals surface area contributed by atoms with Gasteiger partial charge in [0.05, 0.1) is 19.8 Å². The van der Waals surface area contributed by atoms with E-state index in [-0.39, 0.29) is 5.91 Å². The van der Waals surface area contributed by atoms with E-state index < -0.39 is 0 Å². The predicted octanol–water partition coefficient (Wildman–Crippen LogP) is 1.87. The van der Waals surface area contributed by atoms with Gasteiger partial charge in [-0.15, -0.1) is 11.8 Å². The summed E-state index contributed by atoms with van der Waals surface area (Å²) in [5.41, 5.74) is 2.73. The molecule has 0 spiro atoms. The second-order valence-electron chi connectivity index (χ2n) is 7.21. The number of benzene rings is 1. The minimum atomic E-state index is 0.257. The van der Waals surface area contributed by atoms with Gasteiger partial charge >= 0.3 is 0 Å². The number of ether oxygens (including phenoxy) is 1. The number of aryl methyl sites for hydroxylation is 2. The summed E-state index contributed by atoms with van der Waals surface area (Å²) in [6, 6.07) is 6.72. The molecule has 1 aromatic rings. The zero-order valence-electron chi connectivity index (χ0n) is 16.1. The van der Waals surface area contributed by atoms with Gasteiger partial charge in [-0.3, -0.25) is 14.6 Å². The number of rotatable bonds is 6. The molecular formula is C20H31N3O2S. The largest absolute Gasteiger partial charge is 0.378 e. The highest BCUT2D eigenvalue weighted by atomic mass is 32.2. The molecule has 2 heterocycles. The number of thioether (sulfide) groups is 1. The van der Waals surface area contributed by atoms with Crippen LogP contribution in [-0.4, -0.2) is 91.9 Å². The van der Waals surface area contributed by atoms with Gasteiger partial charge in [0.25, 0.3) is 0 Å². The SMILES string of the molecule is Cc1ccc(SCCN2CCN(CC(=O)N3CCOCC3)CC2)cc1C. The Morgan fingerprint density at radius 3 is 2.38 bits per heavy atom. The molecule has 2 fully saturated rings. The lowest BCUT2D eigenvalue weighted by atomic mass is 10.1. The Morgan fingerprint density at radius 2 is 1.69 bits per heavy atom. The average molecular weight is 378 g/mol. The van der Waals surface area contributed by atoms with E-state index in [4.69, 9.17) is 4.74 Å². The normalized spacial score (nSPS) is 19.7. The van der Waals surface area contributed by atoms with Crippen molar-refractivity contribution in [3.8, 4) is 0 Å². The van der Waals surface area contributed by atoms with Gasteiger partial charge in [-0.25, -0.2) is 0 Å². The highest BCUT2D eigenvalue weighted by molar-refractivity contribution is 7.99. The first-order chi connectivity index (χ1) is 12.6. The van der Waals surface area contributed by atoms with Gasteiger partial charge in [-0.1, -0.05) is 6.07 Å². The van der Waals surface area contributed by atoms with Gasteiger partial charge in [0.1, 0.15) is 0 Å². The standard InChI is InChI=1S/C20H31N3O2S/c1-17-3-4-19(15-18(17)2)26-14-11-21-5-7-22(8-6-21)16-20(24)23-9-12-25-13-10-23/h3-4,15H,5-14,16H2,1-2H3. The Labute approximate surface area is 161 Å². The summed E-state index contributed by atoms with van der Waals surface area (Å²) in [7, 11) is 0. The smallest absolute Gasteiger partial charge is 0.236 e. The van der Waals surface area contributed by atoms with Gasteiger partial charge in [0.2, 0.25) is 5.91 Å². The van der Waals surface area contributed by atoms with Crippen molar-refractivity contribution < 1.29 is 9.53 Å². The van der Waals surface area contributed by atoms with E-state index in [2.05, 4.69) is 41.8 Å². The molecule has 5 nitrogen and oxygen atoms in total. The highest BCUT2D eigenvalue weighted by Gasteiger charge is 2.22. The molecule has 6 heteroatoms. The van der Waals surface area contributed by atoms with E-state index in [9.17, 15) is 4.79 Å². The van der Waals surface area contributed by atoms with Crippen LogP contribution >= 0.6 is 11.8 Å². The van der Waals surface area contributed by atoms with Crippen LogP contribution in [0.1, 0.15) is 11.1 Å². The zero-order chi connectivity index (χ0) is 18.4. The number of carbonyl (C=O) groups is 1. The van der Waals surface area contributed by atoms with Crippen LogP contribution in [0.4, 0.5) is 0 Å². The summed E-state index contributed by atoms with van der Waals surface area (Å²) in [6.07, 6.45) is 0. The third-order valence-corrected chi connectivity index (χ3v) is 6.32. The predicted molar refractivity (Wildman–Crippen MR) is 107 cm³/mol. The van der Waals surface area contributed by atoms with Crippen molar-refractivity contribution in [3.05, 3.63) is 29.3 Å². The second-order valence-corrected chi connectivity index (χ2v) is 8.37. The summed E-state index contributed by atoms with van der Waals surface area (Å²) in [4.78, 5) is 20.5. The number of hydrogen-bond donors (Lipinski definition) is 0. The molecule has 0 atom stereocenters. The fraction of sp³-hybridized carbons (Fsp3) is 0.650. The van der Waals surface area contributed by atoms with Crippen molar-refractivity contribution in [1.29, 1.82) is 0 Å². The fourth-order valence-electron chi connectivity index (χ4n) is 3.37. The maximum absolute atomic E-state index is 12.3. The monoisotopic (exact) mass is 377 g/mol. The lowest BCUT2D eigenvalue weighted by Crippen LogP contribution is -2.51. The molecule has 2 aliphatic rings. The van der Waals surface area contributed by atoms with Crippen molar-refractivity contribution in [3.63, 3.8) is 0 Å². The Kier molecular flexibility index (Phi) is 7.37. The lowest BCUT2D eigenvalue weighted by molar-refractivity contribution is -0.136. The molecule has 0 bridgehead atoms. The van der Waals surface area contributed by atoms with Gasteiger partial charge in [0.15, 0.2) is 0 Å². The second kappa shape index (κ2) is 9.74. The van der Waals surface area contributed by atoms with E-state index in [0.29, 0.717) is 19.8 Å². The Hall–Kier alpha value is -1.08. The molecule has 1 amide bonds. The van der Waals surface area contributed by atoms with Crippen LogP contribution in [0, 0.1) is 13.8 Å². The number of piperazine rings is 1. The Morgan fingerprint density at radius 1 is 1.00 bits per heavy atom. The van der Waals surface area contributed by atoms with E-state index in [1.807, 2.05) is 16.7 Å². The van der Waals surface area contributed by atoms with Crippen LogP contribution in [0.5, 0.6) is 0 Å². The number of amides is 1. The van der Waals surface area contributed by atoms with Crippen LogP contribution < -0.4 is 0 Å². The van der Waals surface area contributed by atoms with Crippen molar-refractivity contribution in [2.45, 2.75) is 18.7 Å². The molecule has 1 aromatic carbocycles. The third kappa shape index (κ3) is 5.71. The number of nitrogens with zero attached hydrogens (tertiary/aromatic N) is 3. The van der Waals surface area contributed by atoms with Crippen molar-refractivity contribution in [2.75, 3.05) is 71.3 Å². The number of hydrogen-bond acceptors (Lipinski definition) is 5. The number of carbonyl (C=O) groups excluding carboxylic acids is 1. The highest BCUT2D eigenvalue weighted by Crippen LogP contribution is 2.21. The van der Waals surface area contributed by atoms with Gasteiger partial charge in [0, 0.05) is 56.5 Å². The quantitative estimate of drug-likeness (QED) is 0.708. The van der Waals surface area contributed by atoms with E-state index in [0.717, 1.165) is 51.6 Å². The van der Waals surface area contributed by atoms with Gasteiger partial charge in [-0.05, 0) is 37.1 Å². The molecule has 0 radical (unpaired) electrons. The summed E-state index contributed by atoms with van der Waals surface area (Å²) in [5.74, 6) is 1.38. The molecule has 0 N–H and O–H groups in total. The van der Waals surface area contributed by atoms with Crippen molar-refractivity contribution in [2.24, 2.45) is 0 Å². The van der Waals surface area contributed by atoms with Crippen LogP contribution in [-0.2, 0) is 9.53 Å². The third-order valence-electron chi connectivity index (χ3n) is 5.34. The zero-order valence-corrected chi connectivity index (χ0v) is 16.9. The van der Waals surface area contributed by atoms with Crippen LogP contribution in [0.2, 0.25) is 0 Å². The topological polar surface area (TPSA) is 36.0 Å². The van der Waals surface area contributed by atoms with E-state index >= 15 is 0 Å². The Bertz CT molecular complexity index is 597. The van der Waals surface area contributed by atoms with Crippen LogP contribution in [0.15, 0.2) is 23.1 Å². The van der Waals surface area contributed by atoms with E-state index in [1.54, 1.807) is 0 Å². The van der Waals surface area contributed by atoms with Gasteiger partial charge in [-0.2, -0.15) is 0 Å². The van der Waals surface area contributed by atoms with Crippen LogP contribution in [0.3, 0.4) is 0 Å². The fourth-order valence-corrected chi connectivity index (χ4v) is 4.38. The first-order valence-electron chi connectivity index (χ1n) is 9.62. The minimum Gasteiger partial charge on any atom is -0.378 e. The van der Waals surface area contributed by atoms with Crippen LogP contribution in [0.25, 0.3) is 0 Å². The molecular weight excluding hydrogens is 346 g/mol. The summed E-state index contributed by atoms with van der Waals surface area (Å²) in [5, 5.41) is 0. The first-order valence-corrected chi connectivity index (χ1v) is 10.6. The molecule has 2 saturated heterocycles. The summed E-state index contributed by atoms with van der Waals surface area (Å²) >= 11 is 1.94. The number of morpholine rings is 1. The lowest BCUT2D eigenvalue weighted by Gasteiger charge is -2.36. The Balaban J connectivity index is 1.33. The molecule has 0 unspecified atom stereocenters. The molecule has 2 aliphatic heterocycles. The molecule has 0 aromatic heterocycles. The molecule has 3 rings (SSSR count). The maximum atomic E-state index is 12.3. The molecule has 0 aliphatic carbocycles. The summed E-state index contributed by atoms with van der Waals surface area (Å²) < 4.78 is 5.32.